The van der Waals surface area contributed by atoms with Crippen LogP contribution in [0.1, 0.15) is 130 Å². The van der Waals surface area contributed by atoms with Crippen molar-refractivity contribution in [3.05, 3.63) is 12.2 Å². The van der Waals surface area contributed by atoms with Crippen LogP contribution in [0.2, 0.25) is 0 Å². The summed E-state index contributed by atoms with van der Waals surface area (Å²) in [7, 11) is -15.0. The van der Waals surface area contributed by atoms with Gasteiger partial charge >= 0.3 is 26.8 Å². The summed E-state index contributed by atoms with van der Waals surface area (Å²) in [5.41, 5.74) is 0.705. The molecule has 0 heterocycles. The summed E-state index contributed by atoms with van der Waals surface area (Å²) in [6, 6.07) is 0. The molecule has 0 amide bonds. The van der Waals surface area contributed by atoms with Crippen LogP contribution in [0, 0.1) is 0 Å². The first-order valence-corrected chi connectivity index (χ1v) is 20.5. The molecule has 0 aromatic rings. The van der Waals surface area contributed by atoms with E-state index in [-0.39, 0.29) is 6.54 Å². The van der Waals surface area contributed by atoms with Crippen molar-refractivity contribution >= 4 is 33.5 Å². The summed E-state index contributed by atoms with van der Waals surface area (Å²) in [5, 5.41) is 0. The zero-order valence-electron chi connectivity index (χ0n) is 25.2. The van der Waals surface area contributed by atoms with Crippen LogP contribution in [0.25, 0.3) is 0 Å². The monoisotopic (exact) mass is 628 g/mol. The van der Waals surface area contributed by atoms with Crippen molar-refractivity contribution in [1.29, 1.82) is 0 Å². The van der Waals surface area contributed by atoms with Gasteiger partial charge in [0, 0.05) is 6.42 Å². The van der Waals surface area contributed by atoms with E-state index in [1.165, 1.54) is 77.0 Å². The molecule has 6 N–H and O–H groups in total. The quantitative estimate of drug-likeness (QED) is 0.0189. The number of unbranched alkanes of at least 4 members (excludes halogenated alkanes) is 15. The number of hydrogen-bond donors (Lipinski definition) is 6. The van der Waals surface area contributed by atoms with Crippen LogP contribution >= 0.6 is 0 Å². The topological polar surface area (TPSA) is 161 Å². The second-order valence-electron chi connectivity index (χ2n) is 10.6. The molecular formula is C26H58NO10Si3+. The van der Waals surface area contributed by atoms with Gasteiger partial charge in [0.05, 0.1) is 0 Å². The van der Waals surface area contributed by atoms with Gasteiger partial charge in [-0.1, -0.05) is 110 Å². The molecule has 0 aliphatic carbocycles. The molecule has 0 aromatic heterocycles. The fraction of sp³-hybridized carbons (Fsp3) is 0.885. The normalized spacial score (nSPS) is 13.5. The van der Waals surface area contributed by atoms with Gasteiger partial charge in [-0.05, 0) is 25.3 Å². The Balaban J connectivity index is 4.03. The highest BCUT2D eigenvalue weighted by Gasteiger charge is 2.63. The van der Waals surface area contributed by atoms with Crippen LogP contribution in [0.3, 0.4) is 0 Å². The summed E-state index contributed by atoms with van der Waals surface area (Å²) in [6.45, 7) is 13.2. The first-order valence-electron chi connectivity index (χ1n) is 15.0. The predicted octanol–water partition coefficient (Wildman–Crippen LogP) is 3.60. The van der Waals surface area contributed by atoms with Crippen molar-refractivity contribution in [3.8, 4) is 0 Å². The van der Waals surface area contributed by atoms with Gasteiger partial charge in [0.15, 0.2) is 6.23 Å². The molecule has 238 valence electrons. The average Bonchev–Trinajstić information content (AvgIpc) is 2.86. The van der Waals surface area contributed by atoms with Crippen molar-refractivity contribution in [2.24, 2.45) is 0 Å². The third-order valence-electron chi connectivity index (χ3n) is 6.75. The van der Waals surface area contributed by atoms with Gasteiger partial charge in [-0.3, -0.25) is 4.12 Å². The van der Waals surface area contributed by atoms with E-state index in [9.17, 15) is 28.8 Å². The Labute approximate surface area is 245 Å². The largest absolute Gasteiger partial charge is 0.854 e. The Bertz CT molecular complexity index is 683. The highest BCUT2D eigenvalue weighted by Crippen LogP contribution is 2.16. The van der Waals surface area contributed by atoms with E-state index in [4.69, 9.17) is 9.78 Å². The minimum absolute atomic E-state index is 0.152. The summed E-state index contributed by atoms with van der Waals surface area (Å²) < 4.78 is 10.0. The highest BCUT2D eigenvalue weighted by atomic mass is 28.5. The van der Waals surface area contributed by atoms with E-state index >= 15 is 0 Å². The second-order valence-corrected chi connectivity index (χ2v) is 16.9. The van der Waals surface area contributed by atoms with Gasteiger partial charge in [-0.25, -0.2) is 14.0 Å². The van der Waals surface area contributed by atoms with E-state index in [1.807, 2.05) is 6.92 Å². The molecule has 0 aliphatic rings. The molecule has 0 rings (SSSR count). The lowest BCUT2D eigenvalue weighted by Crippen LogP contribution is -2.65. The third-order valence-corrected chi connectivity index (χ3v) is 12.8. The molecule has 0 spiro atoms. The molecular weight excluding hydrogens is 571 g/mol. The van der Waals surface area contributed by atoms with Crippen LogP contribution in [0.5, 0.6) is 0 Å². The molecule has 40 heavy (non-hydrogen) atoms. The molecule has 0 saturated heterocycles. The van der Waals surface area contributed by atoms with E-state index < -0.39 is 39.2 Å². The Kier molecular flexibility index (Phi) is 22.0. The maximum absolute atomic E-state index is 10.2. The maximum Gasteiger partial charge on any atom is 0.854 e. The van der Waals surface area contributed by atoms with Crippen LogP contribution in [0.15, 0.2) is 12.2 Å². The lowest BCUT2D eigenvalue weighted by Gasteiger charge is -2.26. The van der Waals surface area contributed by atoms with Crippen molar-refractivity contribution in [2.45, 2.75) is 136 Å². The van der Waals surface area contributed by atoms with Gasteiger partial charge in [0.25, 0.3) is 0 Å². The Hall–Kier alpha value is -0.339. The van der Waals surface area contributed by atoms with Crippen molar-refractivity contribution in [2.75, 3.05) is 12.8 Å². The maximum atomic E-state index is 10.2. The molecule has 0 radical (unpaired) electrons. The summed E-state index contributed by atoms with van der Waals surface area (Å²) >= 11 is 0. The molecule has 0 fully saturated rings. The molecule has 14 heteroatoms. The molecule has 0 saturated carbocycles. The minimum Gasteiger partial charge on any atom is -0.389 e. The predicted molar refractivity (Wildman–Crippen MR) is 160 cm³/mol. The van der Waals surface area contributed by atoms with Crippen molar-refractivity contribution in [3.63, 3.8) is 0 Å². The highest BCUT2D eigenvalue weighted by molar-refractivity contribution is 6.73. The van der Waals surface area contributed by atoms with Gasteiger partial charge in [0.2, 0.25) is 0 Å². The SMILES string of the molecule is C=C(CC)C(C)OOC[Si](O)(O)O[Si](O)(O)O[Si](O)(O)[N+](=C)CCCCCCCCCCCCCCCCCC. The molecule has 0 aliphatic heterocycles. The second kappa shape index (κ2) is 22.2. The van der Waals surface area contributed by atoms with Crippen LogP contribution in [0.4, 0.5) is 0 Å². The van der Waals surface area contributed by atoms with Crippen LogP contribution in [-0.4, -0.2) is 85.4 Å². The molecule has 11 nitrogen and oxygen atoms in total. The number of rotatable bonds is 28. The molecule has 0 bridgehead atoms. The van der Waals surface area contributed by atoms with Gasteiger partial charge in [-0.15, -0.1) is 0 Å². The van der Waals surface area contributed by atoms with E-state index in [2.05, 4.69) is 28.5 Å². The number of hydrogen-bond acceptors (Lipinski definition) is 10. The zero-order chi connectivity index (χ0) is 30.5. The minimum atomic E-state index is -5.35. The smallest absolute Gasteiger partial charge is 0.389 e. The van der Waals surface area contributed by atoms with E-state index in [1.54, 1.807) is 6.92 Å². The molecule has 1 atom stereocenters. The fourth-order valence-corrected chi connectivity index (χ4v) is 9.17. The number of nitrogens with zero attached hydrogens (tertiary/aromatic N) is 1. The fourth-order valence-electron chi connectivity index (χ4n) is 4.07. The average molecular weight is 629 g/mol. The standard InChI is InChI=1S/C26H58NO10Si3/c1-6-8-9-10-11-12-13-14-15-16-17-18-19-20-21-22-23-27(5)39(30,31)37-40(32,33)36-38(28,29)24-34-35-26(4)25(3)7-2/h26,28-33H,3,5-24H2,1-2,4H3/q+1. The zero-order valence-corrected chi connectivity index (χ0v) is 28.2. The summed E-state index contributed by atoms with van der Waals surface area (Å²) in [5.74, 6) is 0. The Morgan fingerprint density at radius 1 is 0.700 bits per heavy atom. The lowest BCUT2D eigenvalue weighted by molar-refractivity contribution is -0.446. The summed E-state index contributed by atoms with van der Waals surface area (Å²) in [6.07, 6.45) is 18.6. The van der Waals surface area contributed by atoms with Crippen LogP contribution in [-0.2, 0) is 18.0 Å². The molecule has 1 unspecified atom stereocenters. The summed E-state index contributed by atoms with van der Waals surface area (Å²) in [4.78, 5) is 70.0. The van der Waals surface area contributed by atoms with Crippen LogP contribution < -0.4 is 0 Å². The third kappa shape index (κ3) is 21.4. The van der Waals surface area contributed by atoms with Crippen molar-refractivity contribution < 1.29 is 51.0 Å². The Morgan fingerprint density at radius 3 is 1.55 bits per heavy atom. The first kappa shape index (κ1) is 39.7. The Morgan fingerprint density at radius 2 is 1.12 bits per heavy atom. The van der Waals surface area contributed by atoms with Gasteiger partial charge in [0.1, 0.15) is 19.4 Å². The van der Waals surface area contributed by atoms with Gasteiger partial charge in [-0.2, -0.15) is 0 Å². The van der Waals surface area contributed by atoms with Crippen molar-refractivity contribution in [1.82, 2.24) is 0 Å². The van der Waals surface area contributed by atoms with E-state index in [0.29, 0.717) is 18.4 Å². The van der Waals surface area contributed by atoms with E-state index in [0.717, 1.165) is 23.5 Å². The molecule has 0 aromatic carbocycles. The van der Waals surface area contributed by atoms with Gasteiger partial charge < -0.3 is 32.9 Å². The first-order chi connectivity index (χ1) is 18.8. The lowest BCUT2D eigenvalue weighted by atomic mass is 10.0.